The molecule has 0 aliphatic carbocycles. The molecule has 0 spiro atoms. The largest absolute Gasteiger partial charge is 0.455 e. The number of allylic oxidation sites excluding steroid dienone is 2. The SMILES string of the molecule is C=C/C=C\c1c(C)n(-c2cccc(-c3cccc4c3oc3ccccc34)c2)c2c1ccc1c3ccccc3nc(-c3ccccc3)c12. The van der Waals surface area contributed by atoms with Crippen molar-refractivity contribution >= 4 is 60.6 Å². The predicted molar refractivity (Wildman–Crippen MR) is 198 cm³/mol. The van der Waals surface area contributed by atoms with Gasteiger partial charge in [-0.05, 0) is 42.1 Å². The maximum Gasteiger partial charge on any atom is 0.143 e. The zero-order valence-electron chi connectivity index (χ0n) is 25.9. The molecule has 9 aromatic rings. The molecule has 0 saturated heterocycles. The number of nitrogens with zero attached hydrogens (tertiary/aromatic N) is 2. The number of aromatic nitrogens is 2. The molecule has 0 saturated carbocycles. The maximum atomic E-state index is 6.46. The van der Waals surface area contributed by atoms with E-state index in [0.29, 0.717) is 0 Å². The second-order valence-electron chi connectivity index (χ2n) is 12.0. The van der Waals surface area contributed by atoms with Crippen LogP contribution in [0, 0.1) is 6.92 Å². The number of hydrogen-bond donors (Lipinski definition) is 0. The topological polar surface area (TPSA) is 31.0 Å². The summed E-state index contributed by atoms with van der Waals surface area (Å²) < 4.78 is 8.86. The van der Waals surface area contributed by atoms with Gasteiger partial charge >= 0.3 is 0 Å². The Kier molecular flexibility index (Phi) is 6.19. The molecule has 0 aliphatic rings. The van der Waals surface area contributed by atoms with Crippen molar-refractivity contribution in [2.45, 2.75) is 6.92 Å². The van der Waals surface area contributed by atoms with Crippen LogP contribution in [-0.2, 0) is 0 Å². The number of hydrogen-bond acceptors (Lipinski definition) is 2. The third-order valence-corrected chi connectivity index (χ3v) is 9.35. The van der Waals surface area contributed by atoms with Gasteiger partial charge in [0.15, 0.2) is 0 Å². The Hall–Kier alpha value is -6.19. The van der Waals surface area contributed by atoms with Crippen molar-refractivity contribution in [1.82, 2.24) is 9.55 Å². The zero-order chi connectivity index (χ0) is 31.5. The molecular weight excluding hydrogens is 572 g/mol. The van der Waals surface area contributed by atoms with Gasteiger partial charge in [0.25, 0.3) is 0 Å². The molecule has 0 bridgehead atoms. The Bertz CT molecular complexity index is 2710. The van der Waals surface area contributed by atoms with Gasteiger partial charge < -0.3 is 8.98 Å². The summed E-state index contributed by atoms with van der Waals surface area (Å²) >= 11 is 0. The van der Waals surface area contributed by atoms with E-state index in [0.717, 1.165) is 77.5 Å². The van der Waals surface area contributed by atoms with Crippen LogP contribution in [0.1, 0.15) is 11.3 Å². The van der Waals surface area contributed by atoms with E-state index < -0.39 is 0 Å². The van der Waals surface area contributed by atoms with Gasteiger partial charge in [-0.25, -0.2) is 4.98 Å². The second-order valence-corrected chi connectivity index (χ2v) is 12.0. The number of para-hydroxylation sites is 3. The molecule has 0 radical (unpaired) electrons. The third-order valence-electron chi connectivity index (χ3n) is 9.35. The molecule has 3 aromatic heterocycles. The minimum atomic E-state index is 0.900. The first-order chi connectivity index (χ1) is 23.2. The summed E-state index contributed by atoms with van der Waals surface area (Å²) in [5.74, 6) is 0. The van der Waals surface area contributed by atoms with Gasteiger partial charge in [-0.15, -0.1) is 0 Å². The van der Waals surface area contributed by atoms with Crippen LogP contribution < -0.4 is 0 Å². The molecule has 3 nitrogen and oxygen atoms in total. The molecule has 3 heterocycles. The average Bonchev–Trinajstić information content (AvgIpc) is 3.65. The first-order valence-corrected chi connectivity index (χ1v) is 15.9. The zero-order valence-corrected chi connectivity index (χ0v) is 25.9. The van der Waals surface area contributed by atoms with Crippen LogP contribution in [0.5, 0.6) is 0 Å². The van der Waals surface area contributed by atoms with Crippen LogP contribution in [-0.4, -0.2) is 9.55 Å². The summed E-state index contributed by atoms with van der Waals surface area (Å²) in [6.45, 7) is 6.17. The van der Waals surface area contributed by atoms with Gasteiger partial charge in [-0.2, -0.15) is 0 Å². The lowest BCUT2D eigenvalue weighted by molar-refractivity contribution is 0.670. The molecule has 0 fully saturated rings. The summed E-state index contributed by atoms with van der Waals surface area (Å²) in [5, 5.41) is 6.89. The van der Waals surface area contributed by atoms with Gasteiger partial charge in [0.05, 0.1) is 16.7 Å². The van der Waals surface area contributed by atoms with Gasteiger partial charge in [0.1, 0.15) is 11.2 Å². The Morgan fingerprint density at radius 3 is 2.26 bits per heavy atom. The number of furan rings is 1. The highest BCUT2D eigenvalue weighted by molar-refractivity contribution is 6.22. The van der Waals surface area contributed by atoms with E-state index in [9.17, 15) is 0 Å². The molecule has 0 unspecified atom stereocenters. The summed E-state index contributed by atoms with van der Waals surface area (Å²) in [6.07, 6.45) is 6.02. The minimum absolute atomic E-state index is 0.900. The van der Waals surface area contributed by atoms with Crippen LogP contribution >= 0.6 is 0 Å². The van der Waals surface area contributed by atoms with Crippen LogP contribution in [0.15, 0.2) is 157 Å². The molecule has 0 amide bonds. The van der Waals surface area contributed by atoms with Crippen LogP contribution in [0.4, 0.5) is 0 Å². The van der Waals surface area contributed by atoms with E-state index in [1.54, 1.807) is 0 Å². The predicted octanol–water partition coefficient (Wildman–Crippen LogP) is 12.1. The van der Waals surface area contributed by atoms with Crippen molar-refractivity contribution in [3.8, 4) is 28.1 Å². The molecule has 3 heteroatoms. The lowest BCUT2D eigenvalue weighted by Gasteiger charge is -2.16. The molecule has 0 atom stereocenters. The Balaban J connectivity index is 1.39. The van der Waals surface area contributed by atoms with E-state index in [1.807, 2.05) is 24.3 Å². The molecule has 9 rings (SSSR count). The van der Waals surface area contributed by atoms with Gasteiger partial charge in [0, 0.05) is 55.0 Å². The fourth-order valence-corrected chi connectivity index (χ4v) is 7.25. The first kappa shape index (κ1) is 27.1. The van der Waals surface area contributed by atoms with Crippen LogP contribution in [0.25, 0.3) is 88.7 Å². The molecule has 47 heavy (non-hydrogen) atoms. The Labute approximate surface area is 272 Å². The fourth-order valence-electron chi connectivity index (χ4n) is 7.25. The number of benzene rings is 6. The van der Waals surface area contributed by atoms with Crippen LogP contribution in [0.3, 0.4) is 0 Å². The molecule has 0 aliphatic heterocycles. The molecule has 6 aromatic carbocycles. The van der Waals surface area contributed by atoms with E-state index >= 15 is 0 Å². The number of rotatable bonds is 5. The summed E-state index contributed by atoms with van der Waals surface area (Å²) in [4.78, 5) is 5.32. The normalized spacial score (nSPS) is 11.9. The second kappa shape index (κ2) is 10.7. The Morgan fingerprint density at radius 2 is 1.38 bits per heavy atom. The fraction of sp³-hybridized carbons (Fsp3) is 0.0227. The minimum Gasteiger partial charge on any atom is -0.455 e. The summed E-state index contributed by atoms with van der Waals surface area (Å²) in [5.41, 5.74) is 11.6. The van der Waals surface area contributed by atoms with Crippen molar-refractivity contribution in [2.24, 2.45) is 0 Å². The quantitative estimate of drug-likeness (QED) is 0.145. The van der Waals surface area contributed by atoms with Crippen molar-refractivity contribution in [3.63, 3.8) is 0 Å². The first-order valence-electron chi connectivity index (χ1n) is 15.9. The highest BCUT2D eigenvalue weighted by atomic mass is 16.3. The highest BCUT2D eigenvalue weighted by Gasteiger charge is 2.22. The van der Waals surface area contributed by atoms with Crippen molar-refractivity contribution < 1.29 is 4.42 Å². The Morgan fingerprint density at radius 1 is 0.660 bits per heavy atom. The molecule has 222 valence electrons. The van der Waals surface area contributed by atoms with Crippen molar-refractivity contribution in [2.75, 3.05) is 0 Å². The lowest BCUT2D eigenvalue weighted by atomic mass is 9.97. The van der Waals surface area contributed by atoms with Crippen LogP contribution in [0.2, 0.25) is 0 Å². The monoisotopic (exact) mass is 602 g/mol. The van der Waals surface area contributed by atoms with Gasteiger partial charge in [-0.3, -0.25) is 0 Å². The summed E-state index contributed by atoms with van der Waals surface area (Å²) in [7, 11) is 0. The van der Waals surface area contributed by atoms with Crippen molar-refractivity contribution in [3.05, 3.63) is 163 Å². The standard InChI is InChI=1S/C44H30N2O/c1-3-4-18-32-28(2)46(31-17-12-16-30(27-31)33-21-13-22-38-35-20-9-11-24-40(35)47-44(33)38)43-37(32)26-25-36-34-19-8-10-23-39(34)45-42(41(36)43)29-14-6-5-7-15-29/h3-27H,1H2,2H3/b18-4-. The smallest absolute Gasteiger partial charge is 0.143 e. The van der Waals surface area contributed by atoms with E-state index in [4.69, 9.17) is 9.40 Å². The van der Waals surface area contributed by atoms with E-state index in [-0.39, 0.29) is 0 Å². The molecule has 0 N–H and O–H groups in total. The highest BCUT2D eigenvalue weighted by Crippen LogP contribution is 2.42. The van der Waals surface area contributed by atoms with Gasteiger partial charge in [-0.1, -0.05) is 134 Å². The third kappa shape index (κ3) is 4.17. The van der Waals surface area contributed by atoms with E-state index in [2.05, 4.69) is 145 Å². The average molecular weight is 603 g/mol. The summed E-state index contributed by atoms with van der Waals surface area (Å²) in [6, 6.07) is 47.0. The number of pyridine rings is 1. The van der Waals surface area contributed by atoms with Crippen molar-refractivity contribution in [1.29, 1.82) is 0 Å². The number of fused-ring (bicyclic) bond motifs is 8. The maximum absolute atomic E-state index is 6.46. The van der Waals surface area contributed by atoms with E-state index in [1.165, 1.54) is 16.3 Å². The van der Waals surface area contributed by atoms with Gasteiger partial charge in [0.2, 0.25) is 0 Å². The lowest BCUT2D eigenvalue weighted by Crippen LogP contribution is -1.99. The molecular formula is C44H30N2O.